The minimum atomic E-state index is 0.171. The third kappa shape index (κ3) is 2.92. The molecule has 17 heavy (non-hydrogen) atoms. The molecule has 0 amide bonds. The molecule has 0 aliphatic rings. The van der Waals surface area contributed by atoms with E-state index in [-0.39, 0.29) is 6.61 Å². The Hall–Kier alpha value is -1.67. The summed E-state index contributed by atoms with van der Waals surface area (Å²) >= 11 is 0. The number of hydrogen-bond acceptors (Lipinski definition) is 2. The highest BCUT2D eigenvalue weighted by Gasteiger charge is 2.01. The quantitative estimate of drug-likeness (QED) is 0.874. The van der Waals surface area contributed by atoms with Crippen molar-refractivity contribution in [2.24, 2.45) is 0 Å². The van der Waals surface area contributed by atoms with E-state index in [4.69, 9.17) is 5.11 Å². The molecular weight excluding hydrogens is 210 g/mol. The zero-order valence-corrected chi connectivity index (χ0v) is 10.3. The molecule has 2 aromatic rings. The second kappa shape index (κ2) is 5.11. The molecule has 1 aromatic carbocycles. The fourth-order valence-electron chi connectivity index (χ4n) is 1.99. The van der Waals surface area contributed by atoms with Crippen molar-refractivity contribution >= 4 is 0 Å². The smallest absolute Gasteiger partial charge is 0.0702 e. The third-order valence-electron chi connectivity index (χ3n) is 2.74. The van der Waals surface area contributed by atoms with Crippen LogP contribution in [0.2, 0.25) is 0 Å². The van der Waals surface area contributed by atoms with Crippen LogP contribution in [0.15, 0.2) is 36.5 Å². The first-order chi connectivity index (χ1) is 8.19. The minimum absolute atomic E-state index is 0.171. The van der Waals surface area contributed by atoms with Gasteiger partial charge < -0.3 is 5.11 Å². The topological polar surface area (TPSA) is 33.1 Å². The van der Waals surface area contributed by atoms with Crippen molar-refractivity contribution in [3.8, 4) is 11.3 Å². The lowest BCUT2D eigenvalue weighted by Gasteiger charge is -2.05. The highest BCUT2D eigenvalue weighted by molar-refractivity contribution is 5.61. The van der Waals surface area contributed by atoms with E-state index in [1.54, 1.807) is 0 Å². The van der Waals surface area contributed by atoms with Crippen LogP contribution in [0.3, 0.4) is 0 Å². The van der Waals surface area contributed by atoms with Crippen LogP contribution in [0, 0.1) is 13.8 Å². The number of aliphatic hydroxyl groups excluding tert-OH is 1. The van der Waals surface area contributed by atoms with E-state index in [1.165, 1.54) is 11.1 Å². The van der Waals surface area contributed by atoms with Gasteiger partial charge in [-0.05, 0) is 44.0 Å². The van der Waals surface area contributed by atoms with Crippen LogP contribution in [-0.2, 0) is 6.42 Å². The summed E-state index contributed by atoms with van der Waals surface area (Å²) in [6.45, 7) is 4.36. The maximum Gasteiger partial charge on any atom is 0.0702 e. The molecule has 0 bridgehead atoms. The molecule has 1 heterocycles. The third-order valence-corrected chi connectivity index (χ3v) is 2.74. The van der Waals surface area contributed by atoms with Crippen LogP contribution in [0.4, 0.5) is 0 Å². The molecule has 0 saturated heterocycles. The van der Waals surface area contributed by atoms with Gasteiger partial charge in [-0.2, -0.15) is 0 Å². The Kier molecular flexibility index (Phi) is 3.55. The van der Waals surface area contributed by atoms with Crippen molar-refractivity contribution in [2.75, 3.05) is 6.61 Å². The van der Waals surface area contributed by atoms with Crippen LogP contribution in [0.1, 0.15) is 16.7 Å². The number of pyridine rings is 1. The Bertz CT molecular complexity index is 483. The average Bonchev–Trinajstić information content (AvgIpc) is 2.29. The molecule has 1 N–H and O–H groups in total. The van der Waals surface area contributed by atoms with E-state index in [2.05, 4.69) is 37.0 Å². The van der Waals surface area contributed by atoms with Gasteiger partial charge >= 0.3 is 0 Å². The van der Waals surface area contributed by atoms with Crippen LogP contribution in [0.25, 0.3) is 11.3 Å². The number of benzene rings is 1. The first kappa shape index (κ1) is 11.8. The van der Waals surface area contributed by atoms with E-state index < -0.39 is 0 Å². The molecule has 0 fully saturated rings. The molecule has 0 saturated carbocycles. The number of nitrogens with zero attached hydrogens (tertiary/aromatic N) is 1. The molecule has 88 valence electrons. The second-order valence-electron chi connectivity index (χ2n) is 4.40. The summed E-state index contributed by atoms with van der Waals surface area (Å²) in [5, 5.41) is 8.85. The first-order valence-electron chi connectivity index (χ1n) is 5.83. The Labute approximate surface area is 102 Å². The van der Waals surface area contributed by atoms with Crippen LogP contribution in [-0.4, -0.2) is 16.7 Å². The minimum Gasteiger partial charge on any atom is -0.396 e. The summed E-state index contributed by atoms with van der Waals surface area (Å²) < 4.78 is 0. The average molecular weight is 227 g/mol. The van der Waals surface area contributed by atoms with Gasteiger partial charge in [0.05, 0.1) is 5.69 Å². The van der Waals surface area contributed by atoms with Crippen LogP contribution in [0.5, 0.6) is 0 Å². The van der Waals surface area contributed by atoms with Gasteiger partial charge in [0.15, 0.2) is 0 Å². The number of rotatable bonds is 3. The zero-order valence-electron chi connectivity index (χ0n) is 10.3. The van der Waals surface area contributed by atoms with E-state index in [9.17, 15) is 0 Å². The normalized spacial score (nSPS) is 10.5. The largest absolute Gasteiger partial charge is 0.396 e. The zero-order chi connectivity index (χ0) is 12.3. The number of hydrogen-bond donors (Lipinski definition) is 1. The monoisotopic (exact) mass is 227 g/mol. The van der Waals surface area contributed by atoms with Gasteiger partial charge in [-0.25, -0.2) is 0 Å². The maximum absolute atomic E-state index is 8.85. The van der Waals surface area contributed by atoms with Crippen LogP contribution >= 0.6 is 0 Å². The Morgan fingerprint density at radius 2 is 1.76 bits per heavy atom. The molecule has 2 nitrogen and oxygen atoms in total. The molecule has 0 radical (unpaired) electrons. The lowest BCUT2D eigenvalue weighted by atomic mass is 10.0. The summed E-state index contributed by atoms with van der Waals surface area (Å²) in [6.07, 6.45) is 2.50. The predicted molar refractivity (Wildman–Crippen MR) is 69.9 cm³/mol. The number of aromatic nitrogens is 1. The molecule has 0 aliphatic heterocycles. The predicted octanol–water partition coefficient (Wildman–Crippen LogP) is 2.90. The summed E-state index contributed by atoms with van der Waals surface area (Å²) in [5.41, 5.74) is 5.71. The Morgan fingerprint density at radius 3 is 2.29 bits per heavy atom. The highest BCUT2D eigenvalue weighted by atomic mass is 16.2. The van der Waals surface area contributed by atoms with E-state index in [0.717, 1.165) is 16.8 Å². The van der Waals surface area contributed by atoms with Gasteiger partial charge in [0.25, 0.3) is 0 Å². The van der Waals surface area contributed by atoms with Gasteiger partial charge in [-0.3, -0.25) is 4.98 Å². The second-order valence-corrected chi connectivity index (χ2v) is 4.40. The van der Waals surface area contributed by atoms with Crippen molar-refractivity contribution in [2.45, 2.75) is 20.3 Å². The molecule has 0 aliphatic carbocycles. The van der Waals surface area contributed by atoms with E-state index >= 15 is 0 Å². The summed E-state index contributed by atoms with van der Waals surface area (Å²) in [4.78, 5) is 4.44. The molecule has 0 spiro atoms. The fraction of sp³-hybridized carbons (Fsp3) is 0.267. The summed E-state index contributed by atoms with van der Waals surface area (Å²) in [6, 6.07) is 10.5. The lowest BCUT2D eigenvalue weighted by Crippen LogP contribution is -1.92. The molecule has 2 rings (SSSR count). The van der Waals surface area contributed by atoms with Crippen LogP contribution < -0.4 is 0 Å². The molecule has 0 unspecified atom stereocenters. The SMILES string of the molecule is Cc1cc(C)cc(-c2ccc(CCO)cn2)c1. The number of aliphatic hydroxyl groups is 1. The van der Waals surface area contributed by atoms with Crippen molar-refractivity contribution in [3.05, 3.63) is 53.2 Å². The Morgan fingerprint density at radius 1 is 1.06 bits per heavy atom. The molecule has 0 atom stereocenters. The van der Waals surface area contributed by atoms with Gasteiger partial charge in [0.2, 0.25) is 0 Å². The van der Waals surface area contributed by atoms with E-state index in [0.29, 0.717) is 6.42 Å². The van der Waals surface area contributed by atoms with E-state index in [1.807, 2.05) is 18.3 Å². The van der Waals surface area contributed by atoms with Crippen molar-refractivity contribution in [1.82, 2.24) is 4.98 Å². The summed E-state index contributed by atoms with van der Waals surface area (Å²) in [5.74, 6) is 0. The van der Waals surface area contributed by atoms with Gasteiger partial charge in [0, 0.05) is 18.4 Å². The van der Waals surface area contributed by atoms with Gasteiger partial charge in [0.1, 0.15) is 0 Å². The summed E-state index contributed by atoms with van der Waals surface area (Å²) in [7, 11) is 0. The van der Waals surface area contributed by atoms with Gasteiger partial charge in [-0.1, -0.05) is 23.3 Å². The molecular formula is C15H17NO. The maximum atomic E-state index is 8.85. The van der Waals surface area contributed by atoms with Crippen molar-refractivity contribution < 1.29 is 5.11 Å². The number of aryl methyl sites for hydroxylation is 2. The molecule has 2 heteroatoms. The lowest BCUT2D eigenvalue weighted by molar-refractivity contribution is 0.299. The van der Waals surface area contributed by atoms with Gasteiger partial charge in [-0.15, -0.1) is 0 Å². The molecule has 1 aromatic heterocycles. The van der Waals surface area contributed by atoms with Crippen molar-refractivity contribution in [1.29, 1.82) is 0 Å². The fourth-order valence-corrected chi connectivity index (χ4v) is 1.99. The Balaban J connectivity index is 2.32. The highest BCUT2D eigenvalue weighted by Crippen LogP contribution is 2.20. The first-order valence-corrected chi connectivity index (χ1v) is 5.83. The standard InChI is InChI=1S/C15H17NO/c1-11-7-12(2)9-14(8-11)15-4-3-13(5-6-17)10-16-15/h3-4,7-10,17H,5-6H2,1-2H3. The van der Waals surface area contributed by atoms with Crippen molar-refractivity contribution in [3.63, 3.8) is 0 Å².